The summed E-state index contributed by atoms with van der Waals surface area (Å²) in [6, 6.07) is 4.79. The van der Waals surface area contributed by atoms with E-state index < -0.39 is 15.8 Å². The van der Waals surface area contributed by atoms with E-state index in [1.165, 1.54) is 12.1 Å². The molecule has 4 nitrogen and oxygen atoms in total. The third-order valence-electron chi connectivity index (χ3n) is 2.25. The average molecular weight is 400 g/mol. The number of anilines is 1. The number of halogens is 4. The summed E-state index contributed by atoms with van der Waals surface area (Å²) in [5.41, 5.74) is 0.0658. The molecule has 1 aromatic heterocycles. The fraction of sp³-hybridized carbons (Fsp3) is 0. The number of benzene rings is 1. The summed E-state index contributed by atoms with van der Waals surface area (Å²) in [5, 5.41) is 0.00500. The van der Waals surface area contributed by atoms with Crippen LogP contribution in [-0.2, 0) is 10.0 Å². The highest BCUT2D eigenvalue weighted by Crippen LogP contribution is 2.27. The highest BCUT2D eigenvalue weighted by molar-refractivity contribution is 9.10. The van der Waals surface area contributed by atoms with Crippen LogP contribution in [0.4, 0.5) is 10.1 Å². The second-order valence-corrected chi connectivity index (χ2v) is 6.98. The first-order valence-corrected chi connectivity index (χ1v) is 8.12. The molecule has 0 amide bonds. The Morgan fingerprint density at radius 3 is 2.60 bits per heavy atom. The lowest BCUT2D eigenvalue weighted by molar-refractivity contribution is 0.600. The van der Waals surface area contributed by atoms with E-state index in [1.807, 2.05) is 0 Å². The number of hydrogen-bond donors (Lipinski definition) is 1. The van der Waals surface area contributed by atoms with Gasteiger partial charge in [0.05, 0.1) is 10.7 Å². The first-order valence-electron chi connectivity index (χ1n) is 5.08. The van der Waals surface area contributed by atoms with Crippen molar-refractivity contribution in [3.8, 4) is 0 Å². The molecule has 0 bridgehead atoms. The number of nitrogens with zero attached hydrogens (tertiary/aromatic N) is 1. The van der Waals surface area contributed by atoms with Gasteiger partial charge in [0.2, 0.25) is 0 Å². The molecule has 0 unspecified atom stereocenters. The first kappa shape index (κ1) is 15.5. The van der Waals surface area contributed by atoms with E-state index in [0.29, 0.717) is 4.47 Å². The van der Waals surface area contributed by atoms with Gasteiger partial charge in [-0.25, -0.2) is 17.8 Å². The van der Waals surface area contributed by atoms with Crippen LogP contribution >= 0.6 is 39.1 Å². The van der Waals surface area contributed by atoms with Gasteiger partial charge in [-0.1, -0.05) is 23.2 Å². The molecule has 0 fully saturated rings. The molecule has 0 aliphatic rings. The van der Waals surface area contributed by atoms with Crippen LogP contribution < -0.4 is 4.72 Å². The van der Waals surface area contributed by atoms with E-state index in [4.69, 9.17) is 23.2 Å². The summed E-state index contributed by atoms with van der Waals surface area (Å²) < 4.78 is 40.0. The maximum Gasteiger partial charge on any atom is 0.263 e. The Morgan fingerprint density at radius 2 is 1.95 bits per heavy atom. The Balaban J connectivity index is 2.40. The normalized spacial score (nSPS) is 11.4. The molecule has 0 aliphatic carbocycles. The Bertz CT molecular complexity index is 771. The quantitative estimate of drug-likeness (QED) is 0.790. The predicted octanol–water partition coefficient (Wildman–Crippen LogP) is 4.09. The summed E-state index contributed by atoms with van der Waals surface area (Å²) >= 11 is 14.5. The molecular weight excluding hydrogens is 394 g/mol. The molecule has 0 aliphatic heterocycles. The van der Waals surface area contributed by atoms with Gasteiger partial charge < -0.3 is 0 Å². The maximum absolute atomic E-state index is 13.1. The molecule has 0 radical (unpaired) electrons. The molecule has 1 aromatic carbocycles. The van der Waals surface area contributed by atoms with E-state index >= 15 is 0 Å². The van der Waals surface area contributed by atoms with E-state index in [0.717, 1.165) is 18.3 Å². The molecule has 0 spiro atoms. The number of rotatable bonds is 3. The summed E-state index contributed by atoms with van der Waals surface area (Å²) in [6.45, 7) is 0. The van der Waals surface area contributed by atoms with Gasteiger partial charge in [0.25, 0.3) is 10.0 Å². The molecule has 1 N–H and O–H groups in total. The highest BCUT2D eigenvalue weighted by Gasteiger charge is 2.18. The SMILES string of the molecule is O=S(=O)(Nc1cc(F)ccc1Br)c1cnc(Cl)c(Cl)c1. The molecule has 106 valence electrons. The third kappa shape index (κ3) is 3.41. The van der Waals surface area contributed by atoms with Crippen molar-refractivity contribution < 1.29 is 12.8 Å². The van der Waals surface area contributed by atoms with Gasteiger partial charge in [-0.15, -0.1) is 0 Å². The zero-order valence-electron chi connectivity index (χ0n) is 9.57. The third-order valence-corrected chi connectivity index (χ3v) is 4.96. The number of nitrogens with one attached hydrogen (secondary N) is 1. The van der Waals surface area contributed by atoms with Crippen molar-refractivity contribution >= 4 is 54.8 Å². The smallest absolute Gasteiger partial charge is 0.263 e. The summed E-state index contributed by atoms with van der Waals surface area (Å²) in [5.74, 6) is -0.571. The Hall–Kier alpha value is -0.890. The van der Waals surface area contributed by atoms with Gasteiger partial charge in [0.15, 0.2) is 0 Å². The monoisotopic (exact) mass is 398 g/mol. The van der Waals surface area contributed by atoms with Crippen molar-refractivity contribution in [2.24, 2.45) is 0 Å². The number of sulfonamides is 1. The van der Waals surface area contributed by atoms with Crippen molar-refractivity contribution in [2.75, 3.05) is 4.72 Å². The Morgan fingerprint density at radius 1 is 1.25 bits per heavy atom. The number of hydrogen-bond acceptors (Lipinski definition) is 3. The number of aromatic nitrogens is 1. The summed E-state index contributed by atoms with van der Waals surface area (Å²) in [7, 11) is -3.94. The van der Waals surface area contributed by atoms with Gasteiger partial charge in [0.1, 0.15) is 15.9 Å². The van der Waals surface area contributed by atoms with Gasteiger partial charge in [-0.2, -0.15) is 0 Å². The fourth-order valence-corrected chi connectivity index (χ4v) is 3.18. The molecule has 9 heteroatoms. The molecule has 2 aromatic rings. The molecule has 2 rings (SSSR count). The standard InChI is InChI=1S/C11H6BrCl2FN2O2S/c12-8-2-1-6(15)3-10(8)17-20(18,19)7-4-9(13)11(14)16-5-7/h1-5,17H. The second kappa shape index (κ2) is 5.85. The van der Waals surface area contributed by atoms with Gasteiger partial charge in [0, 0.05) is 10.7 Å². The van der Waals surface area contributed by atoms with Gasteiger partial charge in [-0.3, -0.25) is 4.72 Å². The van der Waals surface area contributed by atoms with Gasteiger partial charge in [-0.05, 0) is 40.2 Å². The highest BCUT2D eigenvalue weighted by atomic mass is 79.9. The van der Waals surface area contributed by atoms with Crippen LogP contribution in [0, 0.1) is 5.82 Å². The lowest BCUT2D eigenvalue weighted by atomic mass is 10.3. The zero-order valence-corrected chi connectivity index (χ0v) is 13.5. The van der Waals surface area contributed by atoms with Crippen LogP contribution in [0.5, 0.6) is 0 Å². The lowest BCUT2D eigenvalue weighted by Gasteiger charge is -2.10. The van der Waals surface area contributed by atoms with Crippen LogP contribution in [0.15, 0.2) is 39.8 Å². The summed E-state index contributed by atoms with van der Waals surface area (Å²) in [4.78, 5) is 3.48. The molecule has 0 saturated heterocycles. The minimum absolute atomic E-state index is 0.00227. The molecule has 20 heavy (non-hydrogen) atoms. The molecule has 1 heterocycles. The van der Waals surface area contributed by atoms with Crippen LogP contribution in [0.1, 0.15) is 0 Å². The van der Waals surface area contributed by atoms with Crippen molar-refractivity contribution in [1.82, 2.24) is 4.98 Å². The maximum atomic E-state index is 13.1. The van der Waals surface area contributed by atoms with E-state index in [-0.39, 0.29) is 20.8 Å². The van der Waals surface area contributed by atoms with Crippen LogP contribution in [0.2, 0.25) is 10.2 Å². The van der Waals surface area contributed by atoms with Crippen LogP contribution in [-0.4, -0.2) is 13.4 Å². The van der Waals surface area contributed by atoms with E-state index in [1.54, 1.807) is 0 Å². The topological polar surface area (TPSA) is 59.1 Å². The Kier molecular flexibility index (Phi) is 4.53. The molecular formula is C11H6BrCl2FN2O2S. The first-order chi connectivity index (χ1) is 9.29. The van der Waals surface area contributed by atoms with Crippen molar-refractivity contribution in [3.05, 3.63) is 50.9 Å². The Labute approximate surface area is 133 Å². The predicted molar refractivity (Wildman–Crippen MR) is 79.2 cm³/mol. The zero-order chi connectivity index (χ0) is 14.9. The second-order valence-electron chi connectivity index (χ2n) is 3.67. The molecule has 0 saturated carbocycles. The summed E-state index contributed by atoms with van der Waals surface area (Å²) in [6.07, 6.45) is 1.06. The molecule has 0 atom stereocenters. The van der Waals surface area contributed by atoms with E-state index in [2.05, 4.69) is 25.6 Å². The van der Waals surface area contributed by atoms with Crippen molar-refractivity contribution in [1.29, 1.82) is 0 Å². The minimum atomic E-state index is -3.94. The minimum Gasteiger partial charge on any atom is -0.278 e. The average Bonchev–Trinajstić information content (AvgIpc) is 2.36. The number of pyridine rings is 1. The van der Waals surface area contributed by atoms with Gasteiger partial charge >= 0.3 is 0 Å². The van der Waals surface area contributed by atoms with Crippen LogP contribution in [0.25, 0.3) is 0 Å². The fourth-order valence-electron chi connectivity index (χ4n) is 1.33. The van der Waals surface area contributed by atoms with Crippen molar-refractivity contribution in [3.63, 3.8) is 0 Å². The lowest BCUT2D eigenvalue weighted by Crippen LogP contribution is -2.13. The largest absolute Gasteiger partial charge is 0.278 e. The van der Waals surface area contributed by atoms with Crippen molar-refractivity contribution in [2.45, 2.75) is 4.90 Å². The van der Waals surface area contributed by atoms with Crippen LogP contribution in [0.3, 0.4) is 0 Å². The van der Waals surface area contributed by atoms with E-state index in [9.17, 15) is 12.8 Å².